The van der Waals surface area contributed by atoms with Gasteiger partial charge < -0.3 is 10.1 Å². The summed E-state index contributed by atoms with van der Waals surface area (Å²) in [6.07, 6.45) is 5.94. The maximum Gasteiger partial charge on any atom is 0.326 e. The Hall–Kier alpha value is -3.42. The van der Waals surface area contributed by atoms with Crippen LogP contribution < -0.4 is 15.0 Å². The van der Waals surface area contributed by atoms with Crippen molar-refractivity contribution in [3.05, 3.63) is 65.5 Å². The number of amides is 2. The van der Waals surface area contributed by atoms with Gasteiger partial charge in [-0.3, -0.25) is 14.6 Å². The van der Waals surface area contributed by atoms with Gasteiger partial charge in [-0.2, -0.15) is 5.10 Å². The average molecular weight is 407 g/mol. The smallest absolute Gasteiger partial charge is 0.326 e. The van der Waals surface area contributed by atoms with E-state index in [1.165, 1.54) is 31.2 Å². The highest BCUT2D eigenvalue weighted by atomic mass is 19.1. The minimum Gasteiger partial charge on any atom is -0.487 e. The van der Waals surface area contributed by atoms with Crippen LogP contribution in [0, 0.1) is 18.7 Å². The molecule has 2 aromatic heterocycles. The second kappa shape index (κ2) is 7.44. The van der Waals surface area contributed by atoms with Crippen LogP contribution in [0.5, 0.6) is 5.75 Å². The molecule has 3 heterocycles. The molecule has 1 N–H and O–H groups in total. The first-order valence-corrected chi connectivity index (χ1v) is 10.0. The fourth-order valence-electron chi connectivity index (χ4n) is 3.59. The van der Waals surface area contributed by atoms with E-state index in [2.05, 4.69) is 15.4 Å². The molecule has 3 aromatic rings. The van der Waals surface area contributed by atoms with Crippen molar-refractivity contribution in [1.82, 2.24) is 14.8 Å². The number of hydrogen-bond acceptors (Lipinski definition) is 4. The highest BCUT2D eigenvalue weighted by Gasteiger charge is 2.29. The fraction of sp³-hybridized carbons (Fsp3) is 0.318. The number of nitrogens with zero attached hydrogens (tertiary/aromatic N) is 4. The molecule has 8 heteroatoms. The zero-order valence-electron chi connectivity index (χ0n) is 16.6. The SMILES string of the molecule is Cc1ccc(OCc2ncccc2F)cc1N1Cc2nn(CC3CC3)cc2NC1=O. The van der Waals surface area contributed by atoms with Crippen LogP contribution in [-0.2, 0) is 19.7 Å². The van der Waals surface area contributed by atoms with Crippen LogP contribution in [0.4, 0.5) is 20.6 Å². The molecule has 2 aliphatic rings. The van der Waals surface area contributed by atoms with Gasteiger partial charge in [0.05, 0.1) is 17.9 Å². The molecule has 1 fully saturated rings. The van der Waals surface area contributed by atoms with Crippen molar-refractivity contribution in [1.29, 1.82) is 0 Å². The standard InChI is InChI=1S/C22H22FN5O2/c1-14-4-7-16(30-13-20-17(23)3-2-8-24-20)9-21(14)28-12-19-18(25-22(28)29)11-27(26-19)10-15-5-6-15/h2-4,7-9,11,15H,5-6,10,12-13H2,1H3,(H,25,29). The Morgan fingerprint density at radius 2 is 2.17 bits per heavy atom. The lowest BCUT2D eigenvalue weighted by Gasteiger charge is -2.28. The van der Waals surface area contributed by atoms with E-state index in [1.807, 2.05) is 23.9 Å². The number of pyridine rings is 1. The fourth-order valence-corrected chi connectivity index (χ4v) is 3.59. The number of carbonyl (C=O) groups excluding carboxylic acids is 1. The van der Waals surface area contributed by atoms with Gasteiger partial charge in [-0.15, -0.1) is 0 Å². The largest absolute Gasteiger partial charge is 0.487 e. The van der Waals surface area contributed by atoms with Crippen molar-refractivity contribution in [2.75, 3.05) is 10.2 Å². The molecular formula is C22H22FN5O2. The second-order valence-corrected chi connectivity index (χ2v) is 7.84. The molecule has 1 aliphatic carbocycles. The minimum atomic E-state index is -0.408. The van der Waals surface area contributed by atoms with E-state index in [0.29, 0.717) is 18.2 Å². The monoisotopic (exact) mass is 407 g/mol. The number of benzene rings is 1. The van der Waals surface area contributed by atoms with E-state index in [0.717, 1.165) is 29.2 Å². The molecule has 7 nitrogen and oxygen atoms in total. The Bertz CT molecular complexity index is 1110. The third kappa shape index (κ3) is 3.72. The summed E-state index contributed by atoms with van der Waals surface area (Å²) in [5.74, 6) is 0.839. The van der Waals surface area contributed by atoms with E-state index in [-0.39, 0.29) is 18.3 Å². The van der Waals surface area contributed by atoms with Gasteiger partial charge in [-0.25, -0.2) is 9.18 Å². The summed E-state index contributed by atoms with van der Waals surface area (Å²) in [5.41, 5.74) is 3.52. The molecule has 0 bridgehead atoms. The highest BCUT2D eigenvalue weighted by Crippen LogP contribution is 2.34. The van der Waals surface area contributed by atoms with Crippen molar-refractivity contribution in [3.63, 3.8) is 0 Å². The van der Waals surface area contributed by atoms with E-state index in [4.69, 9.17) is 4.74 Å². The average Bonchev–Trinajstić information content (AvgIpc) is 3.46. The van der Waals surface area contributed by atoms with Crippen LogP contribution in [0.15, 0.2) is 42.7 Å². The maximum absolute atomic E-state index is 13.8. The number of aryl methyl sites for hydroxylation is 1. The number of fused-ring (bicyclic) bond motifs is 1. The zero-order valence-corrected chi connectivity index (χ0v) is 16.6. The summed E-state index contributed by atoms with van der Waals surface area (Å²) < 4.78 is 21.5. The van der Waals surface area contributed by atoms with Crippen LogP contribution in [-0.4, -0.2) is 20.8 Å². The molecule has 0 saturated heterocycles. The predicted molar refractivity (Wildman–Crippen MR) is 110 cm³/mol. The minimum absolute atomic E-state index is 0.0110. The van der Waals surface area contributed by atoms with Gasteiger partial charge in [0.1, 0.15) is 29.6 Å². The third-order valence-electron chi connectivity index (χ3n) is 5.46. The van der Waals surface area contributed by atoms with E-state index >= 15 is 0 Å². The summed E-state index contributed by atoms with van der Waals surface area (Å²) in [4.78, 5) is 18.4. The number of rotatable bonds is 6. The number of carbonyl (C=O) groups is 1. The van der Waals surface area contributed by atoms with Gasteiger partial charge >= 0.3 is 6.03 Å². The molecule has 1 aliphatic heterocycles. The Morgan fingerprint density at radius 1 is 1.30 bits per heavy atom. The van der Waals surface area contributed by atoms with Crippen LogP contribution in [0.3, 0.4) is 0 Å². The predicted octanol–water partition coefficient (Wildman–Crippen LogP) is 4.27. The molecule has 0 spiro atoms. The molecular weight excluding hydrogens is 385 g/mol. The molecule has 30 heavy (non-hydrogen) atoms. The number of hydrogen-bond donors (Lipinski definition) is 1. The van der Waals surface area contributed by atoms with Gasteiger partial charge in [-0.05, 0) is 49.4 Å². The third-order valence-corrected chi connectivity index (χ3v) is 5.46. The summed E-state index contributed by atoms with van der Waals surface area (Å²) in [7, 11) is 0. The first-order valence-electron chi connectivity index (χ1n) is 10.0. The van der Waals surface area contributed by atoms with Gasteiger partial charge in [0.2, 0.25) is 0 Å². The van der Waals surface area contributed by atoms with Crippen molar-refractivity contribution >= 4 is 17.4 Å². The maximum atomic E-state index is 13.8. The van der Waals surface area contributed by atoms with Crippen molar-refractivity contribution < 1.29 is 13.9 Å². The molecule has 1 aromatic carbocycles. The lowest BCUT2D eigenvalue weighted by Crippen LogP contribution is -2.38. The molecule has 2 amide bonds. The first kappa shape index (κ1) is 18.6. The van der Waals surface area contributed by atoms with E-state index in [1.54, 1.807) is 17.0 Å². The lowest BCUT2D eigenvalue weighted by molar-refractivity contribution is 0.256. The second-order valence-electron chi connectivity index (χ2n) is 7.84. The molecule has 1 saturated carbocycles. The highest BCUT2D eigenvalue weighted by molar-refractivity contribution is 6.04. The quantitative estimate of drug-likeness (QED) is 0.663. The van der Waals surface area contributed by atoms with Gasteiger partial charge in [0.25, 0.3) is 0 Å². The van der Waals surface area contributed by atoms with Gasteiger partial charge in [-0.1, -0.05) is 6.07 Å². The number of nitrogens with one attached hydrogen (secondary N) is 1. The van der Waals surface area contributed by atoms with Crippen LogP contribution in [0.25, 0.3) is 0 Å². The Kier molecular flexibility index (Phi) is 4.61. The molecule has 0 atom stereocenters. The van der Waals surface area contributed by atoms with Crippen molar-refractivity contribution in [2.24, 2.45) is 5.92 Å². The van der Waals surface area contributed by atoms with Crippen LogP contribution in [0.1, 0.15) is 29.8 Å². The molecule has 5 rings (SSSR count). The number of aromatic nitrogens is 3. The number of urea groups is 1. The Labute approximate surface area is 173 Å². The Morgan fingerprint density at radius 3 is 2.97 bits per heavy atom. The van der Waals surface area contributed by atoms with Crippen molar-refractivity contribution in [2.45, 2.75) is 39.5 Å². The first-order chi connectivity index (χ1) is 14.6. The normalized spacial score (nSPS) is 15.7. The summed E-state index contributed by atoms with van der Waals surface area (Å²) in [6, 6.07) is 8.17. The van der Waals surface area contributed by atoms with Crippen LogP contribution >= 0.6 is 0 Å². The van der Waals surface area contributed by atoms with Gasteiger partial charge in [0.15, 0.2) is 0 Å². The lowest BCUT2D eigenvalue weighted by atomic mass is 10.1. The number of ether oxygens (including phenoxy) is 1. The number of halogens is 1. The van der Waals surface area contributed by atoms with Gasteiger partial charge in [0, 0.05) is 25.0 Å². The Balaban J connectivity index is 1.35. The van der Waals surface area contributed by atoms with E-state index in [9.17, 15) is 9.18 Å². The van der Waals surface area contributed by atoms with Crippen LogP contribution in [0.2, 0.25) is 0 Å². The zero-order chi connectivity index (χ0) is 20.7. The summed E-state index contributed by atoms with van der Waals surface area (Å²) in [6.45, 7) is 3.23. The molecule has 154 valence electrons. The topological polar surface area (TPSA) is 72.3 Å². The molecule has 0 unspecified atom stereocenters. The van der Waals surface area contributed by atoms with E-state index < -0.39 is 5.82 Å². The van der Waals surface area contributed by atoms with Crippen molar-refractivity contribution in [3.8, 4) is 5.75 Å². The summed E-state index contributed by atoms with van der Waals surface area (Å²) in [5, 5.41) is 7.60. The molecule has 0 radical (unpaired) electrons. The summed E-state index contributed by atoms with van der Waals surface area (Å²) >= 11 is 0. The number of anilines is 2.